The number of fused-ring (bicyclic) bond motifs is 1. The first-order chi connectivity index (χ1) is 11.5. The van der Waals surface area contributed by atoms with Crippen LogP contribution in [0.3, 0.4) is 0 Å². The number of aromatic nitrogens is 1. The average molecular weight is 334 g/mol. The number of benzene rings is 1. The van der Waals surface area contributed by atoms with Gasteiger partial charge < -0.3 is 9.47 Å². The number of rotatable bonds is 3. The highest BCUT2D eigenvalue weighted by atomic mass is 19.3. The summed E-state index contributed by atoms with van der Waals surface area (Å²) in [4.78, 5) is 18.7. The van der Waals surface area contributed by atoms with Crippen LogP contribution in [0.1, 0.15) is 21.6 Å². The van der Waals surface area contributed by atoms with Crippen molar-refractivity contribution < 1.29 is 23.0 Å². The van der Waals surface area contributed by atoms with E-state index < -0.39 is 6.61 Å². The number of carbonyl (C=O) groups is 1. The summed E-state index contributed by atoms with van der Waals surface area (Å²) in [6.45, 7) is 1.19. The molecule has 0 unspecified atom stereocenters. The fourth-order valence-corrected chi connectivity index (χ4v) is 2.50. The third kappa shape index (κ3) is 3.15. The largest absolute Gasteiger partial charge is 0.488 e. The number of carbonyl (C=O) groups excluding carboxylic acids is 1. The number of hydrogen-bond donors (Lipinski definition) is 0. The maximum absolute atomic E-state index is 12.8. The van der Waals surface area contributed by atoms with Gasteiger partial charge in [0.1, 0.15) is 12.4 Å². The Morgan fingerprint density at radius 1 is 1.29 bits per heavy atom. The number of nitrogens with zero attached hydrogens (tertiary/aromatic N) is 2. The molecule has 2 heterocycles. The molecule has 0 fully saturated rings. The van der Waals surface area contributed by atoms with E-state index in [1.165, 1.54) is 11.0 Å². The van der Waals surface area contributed by atoms with E-state index >= 15 is 0 Å². The van der Waals surface area contributed by atoms with Crippen LogP contribution in [0.5, 0.6) is 11.5 Å². The summed E-state index contributed by atoms with van der Waals surface area (Å²) < 4.78 is 34.9. The van der Waals surface area contributed by atoms with Gasteiger partial charge in [0.25, 0.3) is 5.91 Å². The van der Waals surface area contributed by atoms with E-state index in [1.807, 2.05) is 6.92 Å². The Labute approximate surface area is 137 Å². The maximum atomic E-state index is 12.8. The van der Waals surface area contributed by atoms with Gasteiger partial charge in [-0.15, -0.1) is 0 Å². The van der Waals surface area contributed by atoms with Crippen LogP contribution in [0.4, 0.5) is 14.6 Å². The molecule has 2 aromatic rings. The summed E-state index contributed by atoms with van der Waals surface area (Å²) in [5.41, 5.74) is 1.54. The minimum Gasteiger partial charge on any atom is -0.488 e. The minimum atomic E-state index is -2.94. The highest BCUT2D eigenvalue weighted by Gasteiger charge is 2.26. The molecule has 3 rings (SSSR count). The van der Waals surface area contributed by atoms with Crippen molar-refractivity contribution in [3.63, 3.8) is 0 Å². The lowest BCUT2D eigenvalue weighted by Crippen LogP contribution is -2.38. The van der Waals surface area contributed by atoms with Crippen LogP contribution in [0.2, 0.25) is 0 Å². The van der Waals surface area contributed by atoms with Gasteiger partial charge in [-0.05, 0) is 43.7 Å². The molecule has 126 valence electrons. The summed E-state index contributed by atoms with van der Waals surface area (Å²) in [6, 6.07) is 8.05. The molecule has 0 atom stereocenters. The number of alkyl halides is 2. The van der Waals surface area contributed by atoms with Crippen molar-refractivity contribution in [1.29, 1.82) is 0 Å². The Bertz CT molecular complexity index is 780. The second-order valence-corrected chi connectivity index (χ2v) is 5.44. The van der Waals surface area contributed by atoms with Crippen LogP contribution in [0.25, 0.3) is 0 Å². The normalized spacial score (nSPS) is 13.5. The molecule has 5 nitrogen and oxygen atoms in total. The number of anilines is 1. The van der Waals surface area contributed by atoms with Crippen LogP contribution in [-0.2, 0) is 0 Å². The molecular formula is C17H16F2N2O3. The van der Waals surface area contributed by atoms with E-state index in [9.17, 15) is 13.6 Å². The van der Waals surface area contributed by atoms with Crippen LogP contribution >= 0.6 is 0 Å². The molecule has 0 N–H and O–H groups in total. The van der Waals surface area contributed by atoms with Gasteiger partial charge in [0.05, 0.1) is 6.54 Å². The molecule has 1 aromatic carbocycles. The van der Waals surface area contributed by atoms with E-state index in [0.717, 1.165) is 5.69 Å². The summed E-state index contributed by atoms with van der Waals surface area (Å²) in [7, 11) is 0. The van der Waals surface area contributed by atoms with Crippen molar-refractivity contribution in [3.05, 3.63) is 47.2 Å². The van der Waals surface area contributed by atoms with Gasteiger partial charge in [0.2, 0.25) is 0 Å². The fourth-order valence-electron chi connectivity index (χ4n) is 2.50. The zero-order valence-corrected chi connectivity index (χ0v) is 13.3. The summed E-state index contributed by atoms with van der Waals surface area (Å²) in [5.74, 6) is 0.609. The molecular weight excluding hydrogens is 318 g/mol. The van der Waals surface area contributed by atoms with Crippen molar-refractivity contribution in [1.82, 2.24) is 4.98 Å². The highest BCUT2D eigenvalue weighted by molar-refractivity contribution is 6.06. The number of amides is 1. The van der Waals surface area contributed by atoms with Crippen LogP contribution < -0.4 is 14.4 Å². The van der Waals surface area contributed by atoms with Crippen LogP contribution in [-0.4, -0.2) is 30.7 Å². The quantitative estimate of drug-likeness (QED) is 0.864. The smallest absolute Gasteiger partial charge is 0.387 e. The third-order valence-electron chi connectivity index (χ3n) is 3.70. The molecule has 7 heteroatoms. The van der Waals surface area contributed by atoms with E-state index in [1.54, 1.807) is 31.2 Å². The van der Waals surface area contributed by atoms with Gasteiger partial charge in [-0.25, -0.2) is 4.98 Å². The molecule has 0 radical (unpaired) electrons. The summed E-state index contributed by atoms with van der Waals surface area (Å²) in [5, 5.41) is 0. The molecule has 0 bridgehead atoms. The average Bonchev–Trinajstić information content (AvgIpc) is 2.55. The predicted octanol–water partition coefficient (Wildman–Crippen LogP) is 3.34. The molecule has 1 aromatic heterocycles. The first-order valence-corrected chi connectivity index (χ1v) is 7.43. The van der Waals surface area contributed by atoms with Crippen molar-refractivity contribution >= 4 is 11.7 Å². The van der Waals surface area contributed by atoms with Gasteiger partial charge in [0.15, 0.2) is 11.6 Å². The first kappa shape index (κ1) is 16.2. The molecule has 1 aliphatic heterocycles. The topological polar surface area (TPSA) is 51.7 Å². The van der Waals surface area contributed by atoms with E-state index in [4.69, 9.17) is 4.74 Å². The predicted molar refractivity (Wildman–Crippen MR) is 84.0 cm³/mol. The van der Waals surface area contributed by atoms with E-state index in [2.05, 4.69) is 9.72 Å². The lowest BCUT2D eigenvalue weighted by molar-refractivity contribution is -0.0503. The summed E-state index contributed by atoms with van der Waals surface area (Å²) in [6.07, 6.45) is 0. The molecule has 0 saturated heterocycles. The van der Waals surface area contributed by atoms with Gasteiger partial charge in [-0.3, -0.25) is 9.69 Å². The zero-order chi connectivity index (χ0) is 17.3. The molecule has 0 spiro atoms. The first-order valence-electron chi connectivity index (χ1n) is 7.43. The zero-order valence-electron chi connectivity index (χ0n) is 13.3. The van der Waals surface area contributed by atoms with Gasteiger partial charge in [-0.2, -0.15) is 8.78 Å². The molecule has 1 amide bonds. The number of halogens is 2. The van der Waals surface area contributed by atoms with Crippen molar-refractivity contribution in [3.8, 4) is 11.5 Å². The highest BCUT2D eigenvalue weighted by Crippen LogP contribution is 2.31. The minimum absolute atomic E-state index is 0.0125. The van der Waals surface area contributed by atoms with Crippen molar-refractivity contribution in [2.45, 2.75) is 20.5 Å². The Balaban J connectivity index is 1.95. The Morgan fingerprint density at radius 2 is 2.08 bits per heavy atom. The van der Waals surface area contributed by atoms with Gasteiger partial charge in [0, 0.05) is 11.3 Å². The monoisotopic (exact) mass is 334 g/mol. The Morgan fingerprint density at radius 3 is 2.83 bits per heavy atom. The molecule has 0 saturated carbocycles. The van der Waals surface area contributed by atoms with E-state index in [0.29, 0.717) is 30.3 Å². The van der Waals surface area contributed by atoms with Gasteiger partial charge in [-0.1, -0.05) is 6.07 Å². The number of aryl methyl sites for hydroxylation is 2. The second kappa shape index (κ2) is 6.43. The van der Waals surface area contributed by atoms with Crippen molar-refractivity contribution in [2.24, 2.45) is 0 Å². The summed E-state index contributed by atoms with van der Waals surface area (Å²) >= 11 is 0. The lowest BCUT2D eigenvalue weighted by Gasteiger charge is -2.28. The molecule has 1 aliphatic rings. The van der Waals surface area contributed by atoms with Crippen LogP contribution in [0.15, 0.2) is 30.3 Å². The van der Waals surface area contributed by atoms with Crippen LogP contribution in [0, 0.1) is 13.8 Å². The maximum Gasteiger partial charge on any atom is 0.387 e. The molecule has 24 heavy (non-hydrogen) atoms. The third-order valence-corrected chi connectivity index (χ3v) is 3.70. The number of pyridine rings is 1. The standard InChI is InChI=1S/C17H16F2N2O3/c1-10-3-5-12(9-14(10)24-17(18)19)16(22)21-7-8-23-13-6-4-11(2)20-15(13)21/h3-6,9,17H,7-8H2,1-2H3. The molecule has 0 aliphatic carbocycles. The SMILES string of the molecule is Cc1ccc2c(n1)N(C(=O)c1ccc(C)c(OC(F)F)c1)CCO2. The Kier molecular flexibility index (Phi) is 4.33. The number of hydrogen-bond acceptors (Lipinski definition) is 4. The number of ether oxygens (including phenoxy) is 2. The van der Waals surface area contributed by atoms with E-state index in [-0.39, 0.29) is 17.2 Å². The van der Waals surface area contributed by atoms with Gasteiger partial charge >= 0.3 is 6.61 Å². The fraction of sp³-hybridized carbons (Fsp3) is 0.294. The lowest BCUT2D eigenvalue weighted by atomic mass is 10.1. The second-order valence-electron chi connectivity index (χ2n) is 5.44. The van der Waals surface area contributed by atoms with Crippen molar-refractivity contribution in [2.75, 3.05) is 18.1 Å². The Hall–Kier alpha value is -2.70.